The minimum Gasteiger partial charge on any atom is -0.756 e. The smallest absolute Gasteiger partial charge is 0.330 e. The van der Waals surface area contributed by atoms with Gasteiger partial charge in [0.1, 0.15) is 36.6 Å². The number of aromatic amines is 1. The quantitative estimate of drug-likeness (QED) is 0.0905. The number of benzene rings is 1. The van der Waals surface area contributed by atoms with Crippen molar-refractivity contribution < 1.29 is 75.7 Å². The highest BCUT2D eigenvalue weighted by Crippen LogP contribution is 2.57. The number of aliphatic hydroxyl groups is 5. The van der Waals surface area contributed by atoms with E-state index in [0.717, 1.165) is 17.8 Å². The molecule has 6 N–H and O–H groups in total. The molecule has 2 aromatic rings. The Morgan fingerprint density at radius 1 is 0.913 bits per heavy atom. The van der Waals surface area contributed by atoms with Crippen LogP contribution in [-0.2, 0) is 40.8 Å². The predicted molar refractivity (Wildman–Crippen MR) is 148 cm³/mol. The number of ether oxygens (including phenoxy) is 2. The van der Waals surface area contributed by atoms with Crippen LogP contribution in [0.2, 0.25) is 0 Å². The standard InChI is InChI=1S/C22H30N2O18P2S2/c1-10-2-4-11(5-3-10)46(36,37)45-9-13-16(27)17(28)19(30)21(40-13)41-44(34,35)42-43(32,33)38-8-12-15(26)18(29)20(39-12)24-7-6-14(25)23-22(24)31/h2-7,12-13,15-21,26-30H,8-9H2,1H3,(H,32,33)(H,34,35)(H,23,25,31)/p-2. The third-order valence-corrected chi connectivity index (χ3v) is 12.7. The fourth-order valence-electron chi connectivity index (χ4n) is 4.25. The number of H-pyrrole nitrogens is 1. The molecule has 0 radical (unpaired) electrons. The Labute approximate surface area is 262 Å². The van der Waals surface area contributed by atoms with E-state index in [9.17, 15) is 62.5 Å². The number of hydrogen-bond donors (Lipinski definition) is 6. The summed E-state index contributed by atoms with van der Waals surface area (Å²) in [6.07, 6.45) is -16.5. The zero-order chi connectivity index (χ0) is 34.2. The van der Waals surface area contributed by atoms with Crippen LogP contribution in [0.15, 0.2) is 51.0 Å². The first-order valence-electron chi connectivity index (χ1n) is 13.0. The Hall–Kier alpha value is -1.82. The highest BCUT2D eigenvalue weighted by Gasteiger charge is 2.47. The van der Waals surface area contributed by atoms with Crippen LogP contribution in [0.3, 0.4) is 0 Å². The van der Waals surface area contributed by atoms with E-state index in [1.54, 1.807) is 6.92 Å². The van der Waals surface area contributed by atoms with E-state index in [0.29, 0.717) is 4.57 Å². The molecule has 2 saturated heterocycles. The van der Waals surface area contributed by atoms with Crippen LogP contribution in [0.5, 0.6) is 0 Å². The van der Waals surface area contributed by atoms with Gasteiger partial charge in [0, 0.05) is 18.0 Å². The lowest BCUT2D eigenvalue weighted by atomic mass is 10.0. The molecule has 2 aliphatic heterocycles. The van der Waals surface area contributed by atoms with Crippen LogP contribution in [0.4, 0.5) is 0 Å². The van der Waals surface area contributed by atoms with E-state index in [2.05, 4.69) is 13.4 Å². The van der Waals surface area contributed by atoms with Crippen molar-refractivity contribution in [3.8, 4) is 0 Å². The lowest BCUT2D eigenvalue weighted by Gasteiger charge is -2.42. The summed E-state index contributed by atoms with van der Waals surface area (Å²) < 4.78 is 73.9. The normalized spacial score (nSPS) is 32.9. The summed E-state index contributed by atoms with van der Waals surface area (Å²) >= 11 is 0. The topological polar surface area (TPSA) is 317 Å². The number of aliphatic hydroxyl groups excluding tert-OH is 5. The minimum atomic E-state index is -6.04. The van der Waals surface area contributed by atoms with Crippen molar-refractivity contribution in [2.45, 2.75) is 67.1 Å². The van der Waals surface area contributed by atoms with Gasteiger partial charge in [-0.2, -0.15) is 0 Å². The van der Waals surface area contributed by atoms with Crippen molar-refractivity contribution in [3.63, 3.8) is 0 Å². The zero-order valence-electron chi connectivity index (χ0n) is 23.3. The lowest BCUT2D eigenvalue weighted by Crippen LogP contribution is -2.58. The summed E-state index contributed by atoms with van der Waals surface area (Å²) in [6.45, 7) is 0.575. The van der Waals surface area contributed by atoms with E-state index in [4.69, 9.17) is 9.47 Å². The molecule has 0 saturated carbocycles. The summed E-state index contributed by atoms with van der Waals surface area (Å²) in [5.41, 5.74) is -1.03. The Kier molecular flexibility index (Phi) is 11.5. The fourth-order valence-corrected chi connectivity index (χ4v) is 9.21. The van der Waals surface area contributed by atoms with Crippen molar-refractivity contribution in [1.82, 2.24) is 9.55 Å². The molecule has 0 spiro atoms. The second kappa shape index (κ2) is 14.3. The molecule has 1 aromatic carbocycles. The van der Waals surface area contributed by atoms with Crippen LogP contribution >= 0.6 is 26.4 Å². The Morgan fingerprint density at radius 2 is 1.54 bits per heavy atom. The highest BCUT2D eigenvalue weighted by molar-refractivity contribution is 8.72. The third-order valence-electron chi connectivity index (χ3n) is 6.66. The van der Waals surface area contributed by atoms with Crippen LogP contribution in [0, 0.1) is 6.92 Å². The Bertz CT molecular complexity index is 1700. The first-order chi connectivity index (χ1) is 21.3. The van der Waals surface area contributed by atoms with Gasteiger partial charge in [-0.25, -0.2) is 17.5 Å². The van der Waals surface area contributed by atoms with Crippen molar-refractivity contribution in [2.75, 3.05) is 12.4 Å². The van der Waals surface area contributed by atoms with E-state index in [1.165, 1.54) is 24.3 Å². The maximum atomic E-state index is 12.6. The average Bonchev–Trinajstić information content (AvgIpc) is 3.24. The number of hydrogen-bond acceptors (Lipinski definition) is 19. The van der Waals surface area contributed by atoms with E-state index >= 15 is 0 Å². The summed E-state index contributed by atoms with van der Waals surface area (Å²) in [6, 6.07) is 6.62. The largest absolute Gasteiger partial charge is 0.756 e. The second-order valence-corrected chi connectivity index (χ2v) is 16.9. The maximum absolute atomic E-state index is 12.6. The van der Waals surface area contributed by atoms with Crippen molar-refractivity contribution in [2.24, 2.45) is 0 Å². The number of aromatic nitrogens is 2. The monoisotopic (exact) mass is 734 g/mol. The molecule has 0 amide bonds. The molecule has 24 heteroatoms. The van der Waals surface area contributed by atoms with Gasteiger partial charge in [0.05, 0.1) is 17.6 Å². The maximum Gasteiger partial charge on any atom is 0.330 e. The molecule has 11 unspecified atom stereocenters. The van der Waals surface area contributed by atoms with E-state index < -0.39 is 103 Å². The van der Waals surface area contributed by atoms with Gasteiger partial charge < -0.3 is 49.3 Å². The number of aryl methyl sites for hydroxylation is 1. The van der Waals surface area contributed by atoms with E-state index in [1.807, 2.05) is 4.98 Å². The van der Waals surface area contributed by atoms with Crippen molar-refractivity contribution in [3.05, 3.63) is 62.9 Å². The highest BCUT2D eigenvalue weighted by atomic mass is 33.1. The second-order valence-electron chi connectivity index (χ2n) is 10.0. The molecule has 0 bridgehead atoms. The number of phosphoric acid groups is 2. The third kappa shape index (κ3) is 8.80. The first-order valence-corrected chi connectivity index (χ1v) is 18.9. The van der Waals surface area contributed by atoms with Crippen LogP contribution in [0.1, 0.15) is 11.8 Å². The van der Waals surface area contributed by atoms with E-state index in [-0.39, 0.29) is 15.7 Å². The molecule has 0 aliphatic carbocycles. The number of nitrogens with one attached hydrogen (secondary N) is 1. The predicted octanol–water partition coefficient (Wildman–Crippen LogP) is -3.62. The summed E-state index contributed by atoms with van der Waals surface area (Å²) in [7, 11) is -15.7. The molecular weight excluding hydrogens is 706 g/mol. The van der Waals surface area contributed by atoms with Gasteiger partial charge in [-0.3, -0.25) is 28.0 Å². The summed E-state index contributed by atoms with van der Waals surface area (Å²) in [5.74, 6) is -0.601. The zero-order valence-corrected chi connectivity index (χ0v) is 26.7. The molecule has 46 heavy (non-hydrogen) atoms. The number of phosphoric ester groups is 2. The van der Waals surface area contributed by atoms with Gasteiger partial charge >= 0.3 is 5.69 Å². The molecule has 258 valence electrons. The molecule has 2 fully saturated rings. The number of nitrogens with zero attached hydrogens (tertiary/aromatic N) is 1. The van der Waals surface area contributed by atoms with Gasteiger partial charge in [0.2, 0.25) is 8.87 Å². The van der Waals surface area contributed by atoms with Crippen LogP contribution < -0.4 is 21.0 Å². The average molecular weight is 735 g/mol. The first kappa shape index (κ1) is 37.0. The molecule has 3 heterocycles. The van der Waals surface area contributed by atoms with Gasteiger partial charge in [-0.15, -0.1) is 0 Å². The fraction of sp³-hybridized carbons (Fsp3) is 0.545. The van der Waals surface area contributed by atoms with Gasteiger partial charge in [0.25, 0.3) is 21.2 Å². The van der Waals surface area contributed by atoms with Crippen LogP contribution in [-0.4, -0.2) is 105 Å². The molecule has 2 aliphatic rings. The lowest BCUT2D eigenvalue weighted by molar-refractivity contribution is -0.298. The van der Waals surface area contributed by atoms with Gasteiger partial charge in [0.15, 0.2) is 12.5 Å². The summed E-state index contributed by atoms with van der Waals surface area (Å²) in [4.78, 5) is 49.7. The number of rotatable bonds is 12. The van der Waals surface area contributed by atoms with Crippen LogP contribution in [0.25, 0.3) is 0 Å². The Morgan fingerprint density at radius 3 is 2.17 bits per heavy atom. The van der Waals surface area contributed by atoms with Gasteiger partial charge in [-0.05, 0) is 29.9 Å². The molecular formula is C22H28N2O18P2S2-2. The minimum absolute atomic E-state index is 0.101. The summed E-state index contributed by atoms with van der Waals surface area (Å²) in [5, 5.41) is 51.1. The van der Waals surface area contributed by atoms with Crippen molar-refractivity contribution >= 4 is 35.3 Å². The molecule has 11 atom stereocenters. The molecule has 4 rings (SSSR count). The molecule has 20 nitrogen and oxygen atoms in total. The molecule has 1 aromatic heterocycles. The van der Waals surface area contributed by atoms with Gasteiger partial charge in [-0.1, -0.05) is 17.7 Å². The van der Waals surface area contributed by atoms with Crippen molar-refractivity contribution in [1.29, 1.82) is 0 Å². The SMILES string of the molecule is Cc1ccc(S(=O)(=O)SCC2OC(OP(=O)([O-])OP(=O)([O-])OCC3OC(n4ccc(=O)[nH]c4=O)C(O)C3O)C(O)C(O)C2O)cc1. The Balaban J connectivity index is 1.36.